The van der Waals surface area contributed by atoms with E-state index in [1.54, 1.807) is 6.07 Å². The number of carbonyl (C=O) groups excluding carboxylic acids is 1. The van der Waals surface area contributed by atoms with Crippen LogP contribution in [0.15, 0.2) is 30.3 Å². The molecule has 0 spiro atoms. The first-order valence-electron chi connectivity index (χ1n) is 4.72. The number of carbonyl (C=O) groups is 1. The molecule has 2 rings (SSSR count). The van der Waals surface area contributed by atoms with Crippen molar-refractivity contribution in [2.75, 3.05) is 0 Å². The number of benzene rings is 1. The van der Waals surface area contributed by atoms with E-state index in [1.165, 1.54) is 0 Å². The van der Waals surface area contributed by atoms with E-state index in [-0.39, 0.29) is 5.97 Å². The van der Waals surface area contributed by atoms with Gasteiger partial charge in [-0.3, -0.25) is 0 Å². The Morgan fingerprint density at radius 1 is 1.21 bits per heavy atom. The van der Waals surface area contributed by atoms with Gasteiger partial charge in [-0.1, -0.05) is 32.0 Å². The molecule has 1 aliphatic rings. The van der Waals surface area contributed by atoms with Crippen LogP contribution in [-0.4, -0.2) is 5.97 Å². The Hall–Kier alpha value is -1.57. The van der Waals surface area contributed by atoms with Crippen LogP contribution >= 0.6 is 0 Å². The summed E-state index contributed by atoms with van der Waals surface area (Å²) in [6, 6.07) is 7.46. The molecule has 0 fully saturated rings. The van der Waals surface area contributed by atoms with Crippen LogP contribution in [0.1, 0.15) is 29.8 Å². The minimum atomic E-state index is -0.243. The minimum absolute atomic E-state index is 0.243. The maximum atomic E-state index is 11.4. The van der Waals surface area contributed by atoms with Crippen molar-refractivity contribution < 1.29 is 9.53 Å². The third kappa shape index (κ3) is 1.43. The fraction of sp³-hybridized carbons (Fsp3) is 0.250. The van der Waals surface area contributed by atoms with Crippen molar-refractivity contribution in [1.82, 2.24) is 0 Å². The predicted molar refractivity (Wildman–Crippen MR) is 54.7 cm³/mol. The first-order valence-corrected chi connectivity index (χ1v) is 4.72. The molecule has 14 heavy (non-hydrogen) atoms. The van der Waals surface area contributed by atoms with Crippen molar-refractivity contribution >= 4 is 11.7 Å². The van der Waals surface area contributed by atoms with Gasteiger partial charge in [0.1, 0.15) is 5.76 Å². The number of hydrogen-bond donors (Lipinski definition) is 0. The normalized spacial score (nSPS) is 17.4. The van der Waals surface area contributed by atoms with Gasteiger partial charge in [0, 0.05) is 5.56 Å². The Morgan fingerprint density at radius 2 is 1.86 bits per heavy atom. The van der Waals surface area contributed by atoms with Crippen LogP contribution in [0.3, 0.4) is 0 Å². The van der Waals surface area contributed by atoms with Gasteiger partial charge in [0.2, 0.25) is 0 Å². The molecule has 2 heteroatoms. The molecule has 0 unspecified atom stereocenters. The summed E-state index contributed by atoms with van der Waals surface area (Å²) in [4.78, 5) is 11.4. The first kappa shape index (κ1) is 9.00. The highest BCUT2D eigenvalue weighted by molar-refractivity contribution is 6.02. The van der Waals surface area contributed by atoms with E-state index < -0.39 is 0 Å². The van der Waals surface area contributed by atoms with Crippen molar-refractivity contribution in [2.24, 2.45) is 5.92 Å². The minimum Gasteiger partial charge on any atom is -0.423 e. The molecule has 1 aromatic rings. The van der Waals surface area contributed by atoms with Crippen molar-refractivity contribution in [1.29, 1.82) is 0 Å². The lowest BCUT2D eigenvalue weighted by Crippen LogP contribution is -1.92. The lowest BCUT2D eigenvalue weighted by molar-refractivity contribution is 0.0715. The Bertz CT molecular complexity index is 403. The fourth-order valence-electron chi connectivity index (χ4n) is 1.51. The fourth-order valence-corrected chi connectivity index (χ4v) is 1.51. The molecule has 0 bridgehead atoms. The summed E-state index contributed by atoms with van der Waals surface area (Å²) in [6.07, 6.45) is 1.96. The third-order valence-corrected chi connectivity index (χ3v) is 2.10. The van der Waals surface area contributed by atoms with E-state index in [4.69, 9.17) is 4.74 Å². The van der Waals surface area contributed by atoms with Gasteiger partial charge in [0.05, 0.1) is 5.56 Å². The molecule has 0 radical (unpaired) electrons. The molecule has 0 saturated carbocycles. The first-order chi connectivity index (χ1) is 6.68. The Kier molecular flexibility index (Phi) is 2.12. The van der Waals surface area contributed by atoms with Crippen molar-refractivity contribution in [3.05, 3.63) is 41.5 Å². The molecule has 1 heterocycles. The smallest absolute Gasteiger partial charge is 0.344 e. The molecule has 0 atom stereocenters. The number of rotatable bonds is 1. The lowest BCUT2D eigenvalue weighted by atomic mass is 10.1. The second-order valence-electron chi connectivity index (χ2n) is 3.71. The molecule has 2 nitrogen and oxygen atoms in total. The highest BCUT2D eigenvalue weighted by Gasteiger charge is 2.25. The highest BCUT2D eigenvalue weighted by atomic mass is 16.5. The van der Waals surface area contributed by atoms with Gasteiger partial charge in [0.15, 0.2) is 0 Å². The van der Waals surface area contributed by atoms with E-state index in [2.05, 4.69) is 13.8 Å². The van der Waals surface area contributed by atoms with Crippen LogP contribution < -0.4 is 0 Å². The molecule has 0 aliphatic carbocycles. The van der Waals surface area contributed by atoms with Crippen molar-refractivity contribution in [3.63, 3.8) is 0 Å². The van der Waals surface area contributed by atoms with E-state index in [9.17, 15) is 4.79 Å². The van der Waals surface area contributed by atoms with Gasteiger partial charge in [0.25, 0.3) is 0 Å². The van der Waals surface area contributed by atoms with Gasteiger partial charge < -0.3 is 4.74 Å². The quantitative estimate of drug-likeness (QED) is 0.633. The van der Waals surface area contributed by atoms with Crippen LogP contribution in [-0.2, 0) is 4.74 Å². The van der Waals surface area contributed by atoms with E-state index >= 15 is 0 Å². The van der Waals surface area contributed by atoms with Gasteiger partial charge in [-0.05, 0) is 18.1 Å². The summed E-state index contributed by atoms with van der Waals surface area (Å²) in [6.45, 7) is 4.11. The Labute approximate surface area is 83.2 Å². The van der Waals surface area contributed by atoms with Gasteiger partial charge in [-0.15, -0.1) is 0 Å². The second-order valence-corrected chi connectivity index (χ2v) is 3.71. The number of fused-ring (bicyclic) bond motifs is 1. The molecular formula is C12H12O2. The monoisotopic (exact) mass is 188 g/mol. The van der Waals surface area contributed by atoms with Crippen LogP contribution in [0.5, 0.6) is 0 Å². The molecule has 0 N–H and O–H groups in total. The Morgan fingerprint density at radius 3 is 2.50 bits per heavy atom. The number of hydrogen-bond acceptors (Lipinski definition) is 2. The number of esters is 1. The zero-order chi connectivity index (χ0) is 10.1. The topological polar surface area (TPSA) is 26.3 Å². The standard InChI is InChI=1S/C12H12O2/c1-8(2)7-11-9-5-3-4-6-10(9)12(13)14-11/h3-8H,1-2H3/b11-7+. The largest absolute Gasteiger partial charge is 0.423 e. The Balaban J connectivity index is 2.49. The summed E-state index contributed by atoms with van der Waals surface area (Å²) in [7, 11) is 0. The second kappa shape index (κ2) is 3.29. The molecular weight excluding hydrogens is 176 g/mol. The molecule has 0 saturated heterocycles. The summed E-state index contributed by atoms with van der Waals surface area (Å²) >= 11 is 0. The van der Waals surface area contributed by atoms with Gasteiger partial charge in [-0.2, -0.15) is 0 Å². The molecule has 1 aromatic carbocycles. The van der Waals surface area contributed by atoms with Crippen LogP contribution in [0, 0.1) is 5.92 Å². The zero-order valence-electron chi connectivity index (χ0n) is 8.28. The molecule has 0 aromatic heterocycles. The van der Waals surface area contributed by atoms with E-state index in [1.807, 2.05) is 24.3 Å². The SMILES string of the molecule is CC(C)/C=C1/OC(=O)c2ccccc21. The average molecular weight is 188 g/mol. The molecule has 0 amide bonds. The van der Waals surface area contributed by atoms with Crippen LogP contribution in [0.4, 0.5) is 0 Å². The number of ether oxygens (including phenoxy) is 1. The van der Waals surface area contributed by atoms with Gasteiger partial charge in [-0.25, -0.2) is 4.79 Å². The number of cyclic esters (lactones) is 1. The zero-order valence-corrected chi connectivity index (χ0v) is 8.28. The van der Waals surface area contributed by atoms with Crippen LogP contribution in [0.25, 0.3) is 5.76 Å². The van der Waals surface area contributed by atoms with Crippen molar-refractivity contribution in [3.8, 4) is 0 Å². The average Bonchev–Trinajstić information content (AvgIpc) is 2.44. The summed E-state index contributed by atoms with van der Waals surface area (Å²) < 4.78 is 5.16. The summed E-state index contributed by atoms with van der Waals surface area (Å²) in [5, 5.41) is 0. The lowest BCUT2D eigenvalue weighted by Gasteiger charge is -2.00. The van der Waals surface area contributed by atoms with Gasteiger partial charge >= 0.3 is 5.97 Å². The van der Waals surface area contributed by atoms with Crippen molar-refractivity contribution in [2.45, 2.75) is 13.8 Å². The predicted octanol–water partition coefficient (Wildman–Crippen LogP) is 2.85. The maximum absolute atomic E-state index is 11.4. The van der Waals surface area contributed by atoms with E-state index in [0.717, 1.165) is 5.56 Å². The highest BCUT2D eigenvalue weighted by Crippen LogP contribution is 2.30. The summed E-state index contributed by atoms with van der Waals surface area (Å²) in [5.74, 6) is 0.831. The maximum Gasteiger partial charge on any atom is 0.344 e. The third-order valence-electron chi connectivity index (χ3n) is 2.10. The number of allylic oxidation sites excluding steroid dienone is 1. The van der Waals surface area contributed by atoms with Crippen LogP contribution in [0.2, 0.25) is 0 Å². The molecule has 72 valence electrons. The molecule has 1 aliphatic heterocycles. The summed E-state index contributed by atoms with van der Waals surface area (Å²) in [5.41, 5.74) is 1.57. The van der Waals surface area contributed by atoms with E-state index in [0.29, 0.717) is 17.2 Å².